The van der Waals surface area contributed by atoms with E-state index in [2.05, 4.69) is 10.7 Å². The van der Waals surface area contributed by atoms with Crippen LogP contribution in [-0.2, 0) is 19.1 Å². The van der Waals surface area contributed by atoms with E-state index in [4.69, 9.17) is 9.84 Å². The van der Waals surface area contributed by atoms with Gasteiger partial charge in [0.2, 0.25) is 5.91 Å². The molecule has 1 fully saturated rings. The predicted molar refractivity (Wildman–Crippen MR) is 113 cm³/mol. The Morgan fingerprint density at radius 3 is 2.34 bits per heavy atom. The van der Waals surface area contributed by atoms with Crippen LogP contribution < -0.4 is 10.7 Å². The highest BCUT2D eigenvalue weighted by Crippen LogP contribution is 2.44. The number of benzene rings is 2. The van der Waals surface area contributed by atoms with Gasteiger partial charge >= 0.3 is 12.1 Å². The molecule has 1 atom stereocenters. The van der Waals surface area contributed by atoms with Gasteiger partial charge in [-0.1, -0.05) is 54.6 Å². The molecule has 2 aliphatic rings. The van der Waals surface area contributed by atoms with Crippen LogP contribution in [0.25, 0.3) is 11.1 Å². The molecule has 0 aromatic heterocycles. The molecule has 3 amide bonds. The Balaban J connectivity index is 1.29. The Morgan fingerprint density at radius 2 is 1.72 bits per heavy atom. The lowest BCUT2D eigenvalue weighted by Crippen LogP contribution is -2.45. The number of alkyl carbamates (subject to hydrolysis) is 1. The van der Waals surface area contributed by atoms with Crippen LogP contribution in [0.15, 0.2) is 60.7 Å². The summed E-state index contributed by atoms with van der Waals surface area (Å²) in [5, 5.41) is 12.4. The number of ether oxygens (including phenoxy) is 1. The van der Waals surface area contributed by atoms with Gasteiger partial charge in [0.25, 0.3) is 5.91 Å². The molecular formula is C23H21N3O6. The van der Waals surface area contributed by atoms with Crippen LogP contribution in [0.1, 0.15) is 23.5 Å². The van der Waals surface area contributed by atoms with Crippen molar-refractivity contribution in [2.24, 2.45) is 0 Å². The summed E-state index contributed by atoms with van der Waals surface area (Å²) in [7, 11) is 0. The van der Waals surface area contributed by atoms with E-state index < -0.39 is 29.9 Å². The number of carboxylic acids is 1. The number of carbonyl (C=O) groups is 4. The second-order valence-electron chi connectivity index (χ2n) is 7.41. The molecule has 4 rings (SSSR count). The van der Waals surface area contributed by atoms with E-state index in [-0.39, 0.29) is 25.5 Å². The van der Waals surface area contributed by atoms with Gasteiger partial charge in [-0.15, -0.1) is 0 Å². The number of carboxylic acid groups (broad SMARTS) is 1. The number of fused-ring (bicyclic) bond motifs is 3. The van der Waals surface area contributed by atoms with Crippen molar-refractivity contribution < 1.29 is 29.0 Å². The van der Waals surface area contributed by atoms with Crippen LogP contribution in [0.2, 0.25) is 0 Å². The summed E-state index contributed by atoms with van der Waals surface area (Å²) in [6.07, 6.45) is 1.51. The summed E-state index contributed by atoms with van der Waals surface area (Å²) in [6, 6.07) is 14.8. The van der Waals surface area contributed by atoms with Crippen molar-refractivity contribution in [3.05, 3.63) is 71.8 Å². The fourth-order valence-corrected chi connectivity index (χ4v) is 3.96. The van der Waals surface area contributed by atoms with Gasteiger partial charge in [-0.05, 0) is 22.3 Å². The number of hydrogen-bond acceptors (Lipinski definition) is 5. The molecule has 1 unspecified atom stereocenters. The Labute approximate surface area is 183 Å². The number of hydrogen-bond donors (Lipinski definition) is 3. The van der Waals surface area contributed by atoms with Gasteiger partial charge in [0.1, 0.15) is 6.61 Å². The van der Waals surface area contributed by atoms with E-state index in [0.29, 0.717) is 0 Å². The molecule has 32 heavy (non-hydrogen) atoms. The predicted octanol–water partition coefficient (Wildman–Crippen LogP) is 1.80. The molecule has 0 spiro atoms. The minimum Gasteiger partial charge on any atom is -0.480 e. The fourth-order valence-electron chi connectivity index (χ4n) is 3.96. The summed E-state index contributed by atoms with van der Waals surface area (Å²) >= 11 is 0. The normalized spacial score (nSPS) is 17.1. The standard InChI is InChI=1S/C23H21N3O6/c27-20-12-19(22(29)30)26(25-20)21(28)10-5-11-24-23(31)32-13-18-16-8-3-1-6-14(16)15-7-2-4-9-17(15)18/h1-10,18-19H,11-13H2,(H,24,31)(H,25,27)(H,29,30)/b10-5+. The zero-order chi connectivity index (χ0) is 22.7. The average Bonchev–Trinajstić information content (AvgIpc) is 3.34. The van der Waals surface area contributed by atoms with Gasteiger partial charge < -0.3 is 15.2 Å². The summed E-state index contributed by atoms with van der Waals surface area (Å²) < 4.78 is 5.40. The van der Waals surface area contributed by atoms with E-state index in [9.17, 15) is 19.2 Å². The number of amides is 3. The van der Waals surface area contributed by atoms with Crippen molar-refractivity contribution in [3.8, 4) is 11.1 Å². The quantitative estimate of drug-likeness (QED) is 0.594. The third-order valence-electron chi connectivity index (χ3n) is 5.43. The van der Waals surface area contributed by atoms with Gasteiger partial charge in [-0.3, -0.25) is 15.0 Å². The lowest BCUT2D eigenvalue weighted by atomic mass is 9.98. The van der Waals surface area contributed by atoms with E-state index in [0.717, 1.165) is 33.3 Å². The minimum absolute atomic E-state index is 0.00192. The second kappa shape index (κ2) is 8.93. The molecule has 2 aromatic rings. The van der Waals surface area contributed by atoms with Gasteiger partial charge in [0.15, 0.2) is 6.04 Å². The lowest BCUT2D eigenvalue weighted by Gasteiger charge is -2.18. The molecule has 2 aromatic carbocycles. The topological polar surface area (TPSA) is 125 Å². The fraction of sp³-hybridized carbons (Fsp3) is 0.217. The first-order chi connectivity index (χ1) is 15.5. The lowest BCUT2D eigenvalue weighted by molar-refractivity contribution is -0.148. The maximum atomic E-state index is 12.1. The van der Waals surface area contributed by atoms with Gasteiger partial charge in [-0.25, -0.2) is 14.6 Å². The van der Waals surface area contributed by atoms with Crippen LogP contribution in [-0.4, -0.2) is 53.2 Å². The first kappa shape index (κ1) is 21.1. The van der Waals surface area contributed by atoms with Gasteiger partial charge in [0.05, 0.1) is 6.42 Å². The Morgan fingerprint density at radius 1 is 1.09 bits per heavy atom. The van der Waals surface area contributed by atoms with Crippen LogP contribution in [0.3, 0.4) is 0 Å². The summed E-state index contributed by atoms with van der Waals surface area (Å²) in [6.45, 7) is 0.171. The van der Waals surface area contributed by atoms with E-state index in [1.165, 1.54) is 6.08 Å². The Bertz CT molecular complexity index is 1070. The molecule has 9 heteroatoms. The molecule has 1 aliphatic heterocycles. The SMILES string of the molecule is O=C1CC(C(=O)O)N(C(=O)/C=C/CNC(=O)OCC2c3ccccc3-c3ccccc32)N1. The van der Waals surface area contributed by atoms with Gasteiger partial charge in [0, 0.05) is 18.5 Å². The molecule has 3 N–H and O–H groups in total. The maximum Gasteiger partial charge on any atom is 0.407 e. The van der Waals surface area contributed by atoms with E-state index in [1.54, 1.807) is 0 Å². The molecule has 9 nitrogen and oxygen atoms in total. The largest absolute Gasteiger partial charge is 0.480 e. The first-order valence-electron chi connectivity index (χ1n) is 10.1. The van der Waals surface area contributed by atoms with Crippen molar-refractivity contribution in [3.63, 3.8) is 0 Å². The highest BCUT2D eigenvalue weighted by Gasteiger charge is 2.38. The number of nitrogens with one attached hydrogen (secondary N) is 2. The monoisotopic (exact) mass is 435 g/mol. The zero-order valence-electron chi connectivity index (χ0n) is 17.0. The van der Waals surface area contributed by atoms with Crippen molar-refractivity contribution >= 4 is 23.9 Å². The number of rotatable bonds is 6. The number of nitrogens with zero attached hydrogens (tertiary/aromatic N) is 1. The van der Waals surface area contributed by atoms with Crippen LogP contribution in [0, 0.1) is 0 Å². The summed E-state index contributed by atoms with van der Waals surface area (Å²) in [4.78, 5) is 46.7. The Hall–Kier alpha value is -4.14. The average molecular weight is 435 g/mol. The number of hydrazine groups is 1. The molecule has 1 saturated heterocycles. The molecule has 1 heterocycles. The van der Waals surface area contributed by atoms with E-state index >= 15 is 0 Å². The second-order valence-corrected chi connectivity index (χ2v) is 7.41. The smallest absolute Gasteiger partial charge is 0.407 e. The zero-order valence-corrected chi connectivity index (χ0v) is 17.0. The molecule has 0 saturated carbocycles. The summed E-state index contributed by atoms with van der Waals surface area (Å²) in [5.74, 6) is -2.58. The maximum absolute atomic E-state index is 12.1. The van der Waals surface area contributed by atoms with Crippen molar-refractivity contribution in [1.29, 1.82) is 0 Å². The number of carbonyl (C=O) groups excluding carboxylic acids is 3. The number of aliphatic carboxylic acids is 1. The van der Waals surface area contributed by atoms with Crippen LogP contribution in [0.4, 0.5) is 4.79 Å². The Kier molecular flexibility index (Phi) is 5.89. The highest BCUT2D eigenvalue weighted by atomic mass is 16.5. The first-order valence-corrected chi connectivity index (χ1v) is 10.1. The minimum atomic E-state index is -1.28. The van der Waals surface area contributed by atoms with E-state index in [1.807, 2.05) is 48.5 Å². The highest BCUT2D eigenvalue weighted by molar-refractivity contribution is 5.97. The van der Waals surface area contributed by atoms with Crippen molar-refractivity contribution in [2.45, 2.75) is 18.4 Å². The molecular weight excluding hydrogens is 414 g/mol. The molecule has 164 valence electrons. The third-order valence-corrected chi connectivity index (χ3v) is 5.43. The van der Waals surface area contributed by atoms with Crippen LogP contribution >= 0.6 is 0 Å². The third kappa shape index (κ3) is 4.18. The van der Waals surface area contributed by atoms with Crippen LogP contribution in [0.5, 0.6) is 0 Å². The molecule has 1 aliphatic carbocycles. The van der Waals surface area contributed by atoms with Gasteiger partial charge in [-0.2, -0.15) is 0 Å². The summed E-state index contributed by atoms with van der Waals surface area (Å²) in [5.41, 5.74) is 6.68. The van der Waals surface area contributed by atoms with Crippen molar-refractivity contribution in [1.82, 2.24) is 15.8 Å². The van der Waals surface area contributed by atoms with Crippen molar-refractivity contribution in [2.75, 3.05) is 13.2 Å². The molecule has 0 radical (unpaired) electrons. The molecule has 0 bridgehead atoms.